The van der Waals surface area contributed by atoms with Crippen LogP contribution in [0.1, 0.15) is 35.1 Å². The number of pyridine rings is 1. The molecule has 2 aromatic heterocycles. The van der Waals surface area contributed by atoms with Crippen LogP contribution in [-0.4, -0.2) is 50.5 Å². The van der Waals surface area contributed by atoms with Gasteiger partial charge in [0.2, 0.25) is 0 Å². The minimum Gasteiger partial charge on any atom is -0.504 e. The minimum absolute atomic E-state index is 0.0622. The summed E-state index contributed by atoms with van der Waals surface area (Å²) in [4.78, 5) is 34.5. The van der Waals surface area contributed by atoms with Crippen molar-refractivity contribution in [3.63, 3.8) is 0 Å². The average Bonchev–Trinajstić information content (AvgIpc) is 2.75. The number of amides is 1. The quantitative estimate of drug-likeness (QED) is 0.549. The molecule has 3 heterocycles. The molecule has 164 valence electrons. The second-order valence-corrected chi connectivity index (χ2v) is 7.28. The number of nitrogens with zero attached hydrogens (tertiary/aromatic N) is 3. The summed E-state index contributed by atoms with van der Waals surface area (Å²) in [5.74, 6) is -2.46. The maximum atomic E-state index is 14.4. The van der Waals surface area contributed by atoms with Gasteiger partial charge in [0.15, 0.2) is 11.6 Å². The monoisotopic (exact) mass is 431 g/mol. The molecular weight excluding hydrogens is 408 g/mol. The van der Waals surface area contributed by atoms with Crippen LogP contribution in [0, 0.1) is 18.7 Å². The highest BCUT2D eigenvalue weighted by molar-refractivity contribution is 5.92. The van der Waals surface area contributed by atoms with E-state index in [4.69, 9.17) is 5.11 Å². The molecule has 1 fully saturated rings. The largest absolute Gasteiger partial charge is 0.504 e. The Kier molecular flexibility index (Phi) is 6.59. The molecule has 0 aliphatic carbocycles. The van der Waals surface area contributed by atoms with Crippen LogP contribution in [-0.2, 0) is 6.54 Å². The van der Waals surface area contributed by atoms with Crippen LogP contribution in [0.3, 0.4) is 0 Å². The van der Waals surface area contributed by atoms with Crippen molar-refractivity contribution in [2.24, 2.45) is 0 Å². The van der Waals surface area contributed by atoms with E-state index in [9.17, 15) is 18.4 Å². The van der Waals surface area contributed by atoms with E-state index < -0.39 is 17.6 Å². The first kappa shape index (κ1) is 22.3. The van der Waals surface area contributed by atoms with E-state index >= 15 is 0 Å². The summed E-state index contributed by atoms with van der Waals surface area (Å²) in [7, 11) is 1.41. The number of likely N-dealkylation sites (tertiary alicyclic amines) is 1. The van der Waals surface area contributed by atoms with E-state index in [-0.39, 0.29) is 22.6 Å². The van der Waals surface area contributed by atoms with Crippen LogP contribution < -0.4 is 10.9 Å². The molecule has 0 bridgehead atoms. The van der Waals surface area contributed by atoms with Crippen molar-refractivity contribution in [3.8, 4) is 5.75 Å². The van der Waals surface area contributed by atoms with Gasteiger partial charge in [-0.3, -0.25) is 14.5 Å². The molecule has 1 unspecified atom stereocenters. The molecule has 3 aromatic rings. The van der Waals surface area contributed by atoms with E-state index in [1.54, 1.807) is 19.1 Å². The number of benzene rings is 1. The number of H-pyrrole nitrogens is 1. The Balaban J connectivity index is 0.000000196. The van der Waals surface area contributed by atoms with Gasteiger partial charge >= 0.3 is 0 Å². The third-order valence-corrected chi connectivity index (χ3v) is 5.17. The van der Waals surface area contributed by atoms with Gasteiger partial charge in [0.05, 0.1) is 5.52 Å². The average molecular weight is 431 g/mol. The summed E-state index contributed by atoms with van der Waals surface area (Å²) < 4.78 is 26.9. The zero-order valence-electron chi connectivity index (χ0n) is 17.4. The predicted octanol–water partition coefficient (Wildman–Crippen LogP) is 2.25. The van der Waals surface area contributed by atoms with Crippen molar-refractivity contribution in [2.45, 2.75) is 32.9 Å². The Bertz CT molecular complexity index is 1180. The third kappa shape index (κ3) is 4.85. The number of aromatic nitrogens is 3. The second kappa shape index (κ2) is 9.17. The van der Waals surface area contributed by atoms with Crippen LogP contribution in [0.25, 0.3) is 11.0 Å². The molecule has 0 spiro atoms. The summed E-state index contributed by atoms with van der Waals surface area (Å²) in [5, 5.41) is 11.0. The number of nitrogens with one attached hydrogen (secondary N) is 2. The van der Waals surface area contributed by atoms with Gasteiger partial charge in [-0.15, -0.1) is 0 Å². The van der Waals surface area contributed by atoms with Gasteiger partial charge in [-0.1, -0.05) is 6.07 Å². The van der Waals surface area contributed by atoms with Gasteiger partial charge in [-0.2, -0.15) is 4.39 Å². The van der Waals surface area contributed by atoms with Crippen molar-refractivity contribution in [1.29, 1.82) is 0 Å². The molecule has 0 radical (unpaired) electrons. The third-order valence-electron chi connectivity index (χ3n) is 5.17. The standard InChI is InChI=1S/C14H16FN3O.C7H7FN2O2/c1-8-5-6-18(8)7-10-3-4-11-13(12(10)15)17-14(19)9(2)16-11;1-9-7(12)4-2-3-5(11)6(8)10-4/h3-4,8H,5-7H2,1-2H3,(H,17,19);2-3,11H,1H3,(H,9,12). The van der Waals surface area contributed by atoms with Crippen molar-refractivity contribution in [3.05, 3.63) is 63.3 Å². The molecule has 1 aromatic carbocycles. The summed E-state index contributed by atoms with van der Waals surface area (Å²) in [6, 6.07) is 6.34. The fourth-order valence-electron chi connectivity index (χ4n) is 3.08. The number of rotatable bonds is 3. The molecular formula is C21H23F2N5O3. The molecule has 1 aliphatic heterocycles. The highest BCUT2D eigenvalue weighted by Crippen LogP contribution is 2.23. The minimum atomic E-state index is -1.05. The summed E-state index contributed by atoms with van der Waals surface area (Å²) in [6.07, 6.45) is 1.16. The normalized spacial score (nSPS) is 15.7. The van der Waals surface area contributed by atoms with E-state index in [1.807, 2.05) is 0 Å². The van der Waals surface area contributed by atoms with Gasteiger partial charge in [0, 0.05) is 31.7 Å². The number of halogens is 2. The van der Waals surface area contributed by atoms with Gasteiger partial charge in [0.25, 0.3) is 17.4 Å². The Morgan fingerprint density at radius 3 is 2.61 bits per heavy atom. The van der Waals surface area contributed by atoms with Crippen LogP contribution in [0.15, 0.2) is 29.1 Å². The highest BCUT2D eigenvalue weighted by atomic mass is 19.1. The first-order valence-corrected chi connectivity index (χ1v) is 9.71. The zero-order chi connectivity index (χ0) is 22.7. The summed E-state index contributed by atoms with van der Waals surface area (Å²) in [6.45, 7) is 5.33. The van der Waals surface area contributed by atoms with Crippen molar-refractivity contribution < 1.29 is 18.7 Å². The SMILES string of the molecule is CNC(=O)c1ccc(O)c(F)n1.Cc1nc2ccc(CN3CCC3C)c(F)c2[nH]c1=O. The molecule has 8 nitrogen and oxygen atoms in total. The maximum absolute atomic E-state index is 14.4. The number of hydrogen-bond acceptors (Lipinski definition) is 6. The van der Waals surface area contributed by atoms with Crippen LogP contribution in [0.5, 0.6) is 5.75 Å². The van der Waals surface area contributed by atoms with Crippen molar-refractivity contribution in [1.82, 2.24) is 25.2 Å². The lowest BCUT2D eigenvalue weighted by atomic mass is 10.0. The smallest absolute Gasteiger partial charge is 0.269 e. The number of carbonyl (C=O) groups is 1. The molecule has 1 atom stereocenters. The van der Waals surface area contributed by atoms with E-state index in [1.165, 1.54) is 13.1 Å². The highest BCUT2D eigenvalue weighted by Gasteiger charge is 2.24. The number of fused-ring (bicyclic) bond motifs is 1. The van der Waals surface area contributed by atoms with Gasteiger partial charge < -0.3 is 15.4 Å². The molecule has 0 saturated carbocycles. The lowest BCUT2D eigenvalue weighted by Crippen LogP contribution is -2.44. The second-order valence-electron chi connectivity index (χ2n) is 7.28. The lowest BCUT2D eigenvalue weighted by Gasteiger charge is -2.38. The van der Waals surface area contributed by atoms with Gasteiger partial charge in [-0.05, 0) is 38.5 Å². The molecule has 4 rings (SSSR count). The fourth-order valence-corrected chi connectivity index (χ4v) is 3.08. The molecule has 3 N–H and O–H groups in total. The molecule has 1 aliphatic rings. The summed E-state index contributed by atoms with van der Waals surface area (Å²) >= 11 is 0. The van der Waals surface area contributed by atoms with Crippen LogP contribution in [0.4, 0.5) is 8.78 Å². The molecule has 1 amide bonds. The van der Waals surface area contributed by atoms with Crippen molar-refractivity contribution in [2.75, 3.05) is 13.6 Å². The zero-order valence-corrected chi connectivity index (χ0v) is 17.4. The number of aromatic amines is 1. The van der Waals surface area contributed by atoms with E-state index in [2.05, 4.69) is 32.1 Å². The predicted molar refractivity (Wildman–Crippen MR) is 111 cm³/mol. The van der Waals surface area contributed by atoms with Gasteiger partial charge in [0.1, 0.15) is 16.9 Å². The topological polar surface area (TPSA) is 111 Å². The first-order chi connectivity index (χ1) is 14.7. The fraction of sp³-hybridized carbons (Fsp3) is 0.333. The Morgan fingerprint density at radius 2 is 2.03 bits per heavy atom. The molecule has 10 heteroatoms. The lowest BCUT2D eigenvalue weighted by molar-refractivity contribution is 0.0946. The number of carbonyl (C=O) groups excluding carboxylic acids is 1. The van der Waals surface area contributed by atoms with E-state index in [0.717, 1.165) is 19.0 Å². The molecule has 1 saturated heterocycles. The van der Waals surface area contributed by atoms with Gasteiger partial charge in [-0.25, -0.2) is 14.4 Å². The Labute approximate surface area is 177 Å². The number of hydrogen-bond donors (Lipinski definition) is 3. The van der Waals surface area contributed by atoms with Crippen LogP contribution >= 0.6 is 0 Å². The summed E-state index contributed by atoms with van der Waals surface area (Å²) in [5.41, 5.74) is 1.28. The maximum Gasteiger partial charge on any atom is 0.269 e. The van der Waals surface area contributed by atoms with Crippen LogP contribution in [0.2, 0.25) is 0 Å². The number of aromatic hydroxyl groups is 1. The van der Waals surface area contributed by atoms with Crippen molar-refractivity contribution >= 4 is 16.9 Å². The Morgan fingerprint density at radius 1 is 1.29 bits per heavy atom. The first-order valence-electron chi connectivity index (χ1n) is 9.71. The van der Waals surface area contributed by atoms with E-state index in [0.29, 0.717) is 29.4 Å². The molecule has 31 heavy (non-hydrogen) atoms. The Hall–Kier alpha value is -3.40. The number of aryl methyl sites for hydroxylation is 1.